The molecule has 0 unspecified atom stereocenters. The van der Waals surface area contributed by atoms with Crippen LogP contribution in [0.2, 0.25) is 0 Å². The quantitative estimate of drug-likeness (QED) is 0.849. The lowest BCUT2D eigenvalue weighted by atomic mass is 10.1. The summed E-state index contributed by atoms with van der Waals surface area (Å²) < 4.78 is 0. The summed E-state index contributed by atoms with van der Waals surface area (Å²) >= 11 is 1.66. The molecule has 0 saturated carbocycles. The van der Waals surface area contributed by atoms with E-state index >= 15 is 0 Å². The Labute approximate surface area is 112 Å². The van der Waals surface area contributed by atoms with Gasteiger partial charge in [-0.05, 0) is 24.1 Å². The summed E-state index contributed by atoms with van der Waals surface area (Å²) in [7, 11) is 0. The average molecular weight is 259 g/mol. The first-order chi connectivity index (χ1) is 8.65. The zero-order chi connectivity index (χ0) is 13.0. The first kappa shape index (κ1) is 12.9. The Morgan fingerprint density at radius 1 is 1.22 bits per heavy atom. The lowest BCUT2D eigenvalue weighted by Crippen LogP contribution is -1.87. The van der Waals surface area contributed by atoms with Crippen molar-refractivity contribution in [3.63, 3.8) is 0 Å². The number of aryl methyl sites for hydroxylation is 1. The van der Waals surface area contributed by atoms with Gasteiger partial charge in [-0.1, -0.05) is 56.0 Å². The minimum absolute atomic E-state index is 0.494. The number of aromatic nitrogens is 3. The van der Waals surface area contributed by atoms with Crippen LogP contribution in [0.15, 0.2) is 29.4 Å². The van der Waals surface area contributed by atoms with Crippen molar-refractivity contribution in [3.8, 4) is 0 Å². The molecule has 0 aliphatic rings. The Kier molecular flexibility index (Phi) is 4.20. The van der Waals surface area contributed by atoms with Crippen LogP contribution in [0.5, 0.6) is 0 Å². The second-order valence-corrected chi connectivity index (χ2v) is 5.90. The van der Waals surface area contributed by atoms with Gasteiger partial charge in [-0.2, -0.15) is 0 Å². The Morgan fingerprint density at radius 3 is 2.72 bits per heavy atom. The van der Waals surface area contributed by atoms with Gasteiger partial charge in [0.25, 0.3) is 0 Å². The van der Waals surface area contributed by atoms with Crippen LogP contribution in [0.4, 0.5) is 0 Å². The smallest absolute Gasteiger partial charge is 0.208 e. The van der Waals surface area contributed by atoms with Crippen LogP contribution in [-0.4, -0.2) is 20.4 Å². The molecular formula is C14H17N3S. The summed E-state index contributed by atoms with van der Waals surface area (Å²) in [5.74, 6) is 0.793. The Balaban J connectivity index is 2.10. The summed E-state index contributed by atoms with van der Waals surface area (Å²) in [5.41, 5.74) is 2.46. The van der Waals surface area contributed by atoms with Crippen LogP contribution in [0.1, 0.15) is 30.8 Å². The van der Waals surface area contributed by atoms with E-state index in [1.807, 2.05) is 18.2 Å². The molecule has 0 radical (unpaired) electrons. The summed E-state index contributed by atoms with van der Waals surface area (Å²) in [6.45, 7) is 6.35. The Hall–Kier alpha value is -1.55. The van der Waals surface area contributed by atoms with Gasteiger partial charge >= 0.3 is 0 Å². The van der Waals surface area contributed by atoms with E-state index in [9.17, 15) is 0 Å². The molecule has 1 heterocycles. The maximum Gasteiger partial charge on any atom is 0.208 e. The molecule has 94 valence electrons. The predicted octanol–water partition coefficient (Wildman–Crippen LogP) is 3.78. The van der Waals surface area contributed by atoms with Crippen molar-refractivity contribution in [3.05, 3.63) is 41.2 Å². The van der Waals surface area contributed by atoms with E-state index in [4.69, 9.17) is 0 Å². The molecule has 1 aromatic heterocycles. The summed E-state index contributed by atoms with van der Waals surface area (Å²) in [6, 6.07) is 8.26. The molecule has 3 nitrogen and oxygen atoms in total. The number of benzene rings is 1. The highest BCUT2D eigenvalue weighted by Gasteiger charge is 2.03. The number of aromatic amines is 1. The van der Waals surface area contributed by atoms with E-state index in [0.717, 1.165) is 11.0 Å². The van der Waals surface area contributed by atoms with E-state index in [1.54, 1.807) is 11.8 Å². The SMILES string of the molecule is Cc1ccccc1/C=C/c1nc(SC(C)C)n[nH]1. The van der Waals surface area contributed by atoms with E-state index in [2.05, 4.69) is 54.2 Å². The van der Waals surface area contributed by atoms with Crippen LogP contribution in [-0.2, 0) is 0 Å². The van der Waals surface area contributed by atoms with E-state index in [1.165, 1.54) is 11.1 Å². The maximum absolute atomic E-state index is 4.40. The molecule has 0 fully saturated rings. The molecule has 0 aliphatic heterocycles. The van der Waals surface area contributed by atoms with Gasteiger partial charge < -0.3 is 0 Å². The third kappa shape index (κ3) is 3.47. The molecule has 2 aromatic rings. The van der Waals surface area contributed by atoms with Crippen LogP contribution >= 0.6 is 11.8 Å². The zero-order valence-electron chi connectivity index (χ0n) is 10.8. The first-order valence-corrected chi connectivity index (χ1v) is 6.86. The molecule has 1 N–H and O–H groups in total. The van der Waals surface area contributed by atoms with Gasteiger partial charge in [0.1, 0.15) is 5.82 Å². The molecule has 0 spiro atoms. The molecule has 0 aliphatic carbocycles. The summed E-state index contributed by atoms with van der Waals surface area (Å²) in [4.78, 5) is 4.40. The Morgan fingerprint density at radius 2 is 2.00 bits per heavy atom. The molecule has 4 heteroatoms. The van der Waals surface area contributed by atoms with Crippen molar-refractivity contribution in [1.29, 1.82) is 0 Å². The molecule has 0 bridgehead atoms. The molecule has 1 aromatic carbocycles. The van der Waals surface area contributed by atoms with Crippen LogP contribution in [0.3, 0.4) is 0 Å². The van der Waals surface area contributed by atoms with Crippen LogP contribution in [0, 0.1) is 6.92 Å². The second-order valence-electron chi connectivity index (χ2n) is 4.36. The Bertz CT molecular complexity index is 543. The van der Waals surface area contributed by atoms with Crippen molar-refractivity contribution < 1.29 is 0 Å². The van der Waals surface area contributed by atoms with Crippen LogP contribution in [0.25, 0.3) is 12.2 Å². The number of nitrogens with zero attached hydrogens (tertiary/aromatic N) is 2. The van der Waals surface area contributed by atoms with E-state index in [-0.39, 0.29) is 0 Å². The first-order valence-electron chi connectivity index (χ1n) is 5.98. The largest absolute Gasteiger partial charge is 0.259 e. The monoisotopic (exact) mass is 259 g/mol. The van der Waals surface area contributed by atoms with Crippen molar-refractivity contribution >= 4 is 23.9 Å². The molecular weight excluding hydrogens is 242 g/mol. The van der Waals surface area contributed by atoms with E-state index in [0.29, 0.717) is 5.25 Å². The van der Waals surface area contributed by atoms with Crippen LogP contribution < -0.4 is 0 Å². The number of rotatable bonds is 4. The number of thioether (sulfide) groups is 1. The number of hydrogen-bond donors (Lipinski definition) is 1. The standard InChI is InChI=1S/C14H17N3S/c1-10(2)18-14-15-13(16-17-14)9-8-12-7-5-4-6-11(12)3/h4-10H,1-3H3,(H,15,16,17)/b9-8+. The summed E-state index contributed by atoms with van der Waals surface area (Å²) in [6.07, 6.45) is 4.01. The lowest BCUT2D eigenvalue weighted by Gasteiger charge is -1.97. The summed E-state index contributed by atoms with van der Waals surface area (Å²) in [5, 5.41) is 8.39. The fourth-order valence-corrected chi connectivity index (χ4v) is 2.21. The fourth-order valence-electron chi connectivity index (χ4n) is 1.54. The minimum atomic E-state index is 0.494. The number of hydrogen-bond acceptors (Lipinski definition) is 3. The molecule has 0 saturated heterocycles. The molecule has 0 atom stereocenters. The number of H-pyrrole nitrogens is 1. The van der Waals surface area contributed by atoms with E-state index < -0.39 is 0 Å². The highest BCUT2D eigenvalue weighted by Crippen LogP contribution is 2.18. The van der Waals surface area contributed by atoms with Crippen molar-refractivity contribution in [2.24, 2.45) is 0 Å². The number of nitrogens with one attached hydrogen (secondary N) is 1. The third-order valence-corrected chi connectivity index (χ3v) is 3.30. The van der Waals surface area contributed by atoms with Gasteiger partial charge in [-0.15, -0.1) is 5.10 Å². The third-order valence-electron chi connectivity index (χ3n) is 2.43. The van der Waals surface area contributed by atoms with Gasteiger partial charge in [0.15, 0.2) is 0 Å². The topological polar surface area (TPSA) is 41.6 Å². The van der Waals surface area contributed by atoms with Crippen molar-refractivity contribution in [1.82, 2.24) is 15.2 Å². The zero-order valence-corrected chi connectivity index (χ0v) is 11.7. The predicted molar refractivity (Wildman–Crippen MR) is 77.5 cm³/mol. The highest BCUT2D eigenvalue weighted by atomic mass is 32.2. The normalized spacial score (nSPS) is 11.6. The highest BCUT2D eigenvalue weighted by molar-refractivity contribution is 7.99. The van der Waals surface area contributed by atoms with Gasteiger partial charge in [0.05, 0.1) is 0 Å². The van der Waals surface area contributed by atoms with Gasteiger partial charge in [0, 0.05) is 5.25 Å². The van der Waals surface area contributed by atoms with Crippen molar-refractivity contribution in [2.45, 2.75) is 31.2 Å². The molecule has 2 rings (SSSR count). The molecule has 0 amide bonds. The second kappa shape index (κ2) is 5.87. The van der Waals surface area contributed by atoms with Gasteiger partial charge in [0.2, 0.25) is 5.16 Å². The van der Waals surface area contributed by atoms with Gasteiger partial charge in [-0.3, -0.25) is 5.10 Å². The molecule has 18 heavy (non-hydrogen) atoms. The maximum atomic E-state index is 4.40. The lowest BCUT2D eigenvalue weighted by molar-refractivity contribution is 0.961. The fraction of sp³-hybridized carbons (Fsp3) is 0.286. The average Bonchev–Trinajstić information content (AvgIpc) is 2.75. The minimum Gasteiger partial charge on any atom is -0.259 e. The van der Waals surface area contributed by atoms with Gasteiger partial charge in [-0.25, -0.2) is 4.98 Å². The van der Waals surface area contributed by atoms with Crippen molar-refractivity contribution in [2.75, 3.05) is 0 Å².